The Bertz CT molecular complexity index is 1400. The van der Waals surface area contributed by atoms with Crippen LogP contribution >= 0.6 is 0 Å². The number of amides is 2. The molecule has 1 saturated carbocycles. The molecule has 2 aromatic rings. The fraction of sp³-hybridized carbons (Fsp3) is 0.423. The Labute approximate surface area is 216 Å². The van der Waals surface area contributed by atoms with Crippen molar-refractivity contribution in [2.75, 3.05) is 13.2 Å². The first-order chi connectivity index (χ1) is 18.0. The maximum Gasteiger partial charge on any atom is 0.422 e. The Balaban J connectivity index is 1.52. The second kappa shape index (κ2) is 9.01. The first-order valence-electron chi connectivity index (χ1n) is 12.1. The van der Waals surface area contributed by atoms with E-state index in [2.05, 4.69) is 20.7 Å². The van der Waals surface area contributed by atoms with Crippen LogP contribution in [0.15, 0.2) is 42.3 Å². The van der Waals surface area contributed by atoms with Crippen LogP contribution in [0, 0.1) is 29.6 Å². The van der Waals surface area contributed by atoms with Crippen molar-refractivity contribution in [3.63, 3.8) is 0 Å². The van der Waals surface area contributed by atoms with Crippen molar-refractivity contribution in [1.29, 1.82) is 5.26 Å². The molecule has 2 N–H and O–H groups in total. The Morgan fingerprint density at radius 2 is 2.18 bits per heavy atom. The van der Waals surface area contributed by atoms with E-state index in [9.17, 15) is 22.8 Å². The monoisotopic (exact) mass is 526 g/mol. The average Bonchev–Trinajstić information content (AvgIpc) is 3.37. The fourth-order valence-electron chi connectivity index (χ4n) is 5.71. The maximum atomic E-state index is 13.6. The van der Waals surface area contributed by atoms with E-state index in [0.717, 1.165) is 5.56 Å². The lowest BCUT2D eigenvalue weighted by atomic mass is 9.64. The lowest BCUT2D eigenvalue weighted by Crippen LogP contribution is -2.61. The number of aryl methyl sites for hydroxylation is 1. The number of hydrogen-bond donors (Lipinski definition) is 2. The molecule has 2 aromatic heterocycles. The highest BCUT2D eigenvalue weighted by atomic mass is 19.4. The standard InChI is InChI=1S/C26H25F3N6O3/c1-15-3-4-19(32-13-15)35-21(23(37)31-10-9-30)20-18(34-35)12-25(33-22(20)36)8-5-16-11-17(6-7-24(16,25)2)38-14-26(27,28)29/h3-4,6-7,11,13,16H,5,8,10,12,14H2,1-2H3,(H,31,37)(H,33,36)/t16?,24?,25-/m0/s1. The van der Waals surface area contributed by atoms with Crippen LogP contribution < -0.4 is 10.6 Å². The number of ether oxygens (including phenoxy) is 1. The molecule has 198 valence electrons. The average molecular weight is 527 g/mol. The highest BCUT2D eigenvalue weighted by Gasteiger charge is 2.59. The molecule has 0 bridgehead atoms. The number of carbonyl (C=O) groups excluding carboxylic acids is 2. The number of fused-ring (bicyclic) bond motifs is 3. The van der Waals surface area contributed by atoms with Gasteiger partial charge in [-0.1, -0.05) is 19.1 Å². The van der Waals surface area contributed by atoms with Crippen LogP contribution in [-0.2, 0) is 11.2 Å². The highest BCUT2D eigenvalue weighted by Crippen LogP contribution is 2.56. The van der Waals surface area contributed by atoms with E-state index in [-0.39, 0.29) is 29.5 Å². The summed E-state index contributed by atoms with van der Waals surface area (Å²) in [6.07, 6.45) is 3.67. The van der Waals surface area contributed by atoms with Crippen LogP contribution in [0.1, 0.15) is 51.9 Å². The van der Waals surface area contributed by atoms with Gasteiger partial charge in [-0.15, -0.1) is 0 Å². The molecule has 0 radical (unpaired) electrons. The number of allylic oxidation sites excluding steroid dienone is 2. The number of alkyl halides is 3. The molecule has 9 nitrogen and oxygen atoms in total. The third-order valence-electron chi connectivity index (χ3n) is 7.71. The van der Waals surface area contributed by atoms with Crippen molar-refractivity contribution >= 4 is 11.8 Å². The summed E-state index contributed by atoms with van der Waals surface area (Å²) in [7, 11) is 0. The van der Waals surface area contributed by atoms with E-state index in [1.165, 1.54) is 10.8 Å². The third-order valence-corrected chi connectivity index (χ3v) is 7.71. The Hall–Kier alpha value is -4.14. The van der Waals surface area contributed by atoms with Gasteiger partial charge in [-0.05, 0) is 49.5 Å². The minimum absolute atomic E-state index is 0.0134. The summed E-state index contributed by atoms with van der Waals surface area (Å²) in [5, 5.41) is 19.2. The van der Waals surface area contributed by atoms with Crippen LogP contribution in [0.4, 0.5) is 13.2 Å². The van der Waals surface area contributed by atoms with Crippen molar-refractivity contribution < 1.29 is 27.5 Å². The Kier molecular flexibility index (Phi) is 6.04. The first-order valence-corrected chi connectivity index (χ1v) is 12.1. The van der Waals surface area contributed by atoms with Gasteiger partial charge in [0.15, 0.2) is 12.4 Å². The van der Waals surface area contributed by atoms with E-state index in [4.69, 9.17) is 10.00 Å². The van der Waals surface area contributed by atoms with Gasteiger partial charge < -0.3 is 15.4 Å². The molecule has 12 heteroatoms. The molecule has 1 spiro atoms. The second-order valence-corrected chi connectivity index (χ2v) is 10.1. The highest BCUT2D eigenvalue weighted by molar-refractivity contribution is 6.08. The molecule has 1 fully saturated rings. The molecular weight excluding hydrogens is 501 g/mol. The van der Waals surface area contributed by atoms with E-state index in [0.29, 0.717) is 30.8 Å². The van der Waals surface area contributed by atoms with Crippen LogP contribution in [0.3, 0.4) is 0 Å². The van der Waals surface area contributed by atoms with Crippen LogP contribution in [0.5, 0.6) is 0 Å². The van der Waals surface area contributed by atoms with E-state index in [1.54, 1.807) is 24.4 Å². The van der Waals surface area contributed by atoms with Crippen molar-refractivity contribution in [3.8, 4) is 11.9 Å². The molecule has 5 rings (SSSR count). The molecule has 38 heavy (non-hydrogen) atoms. The van der Waals surface area contributed by atoms with Gasteiger partial charge in [0, 0.05) is 18.0 Å². The van der Waals surface area contributed by atoms with Gasteiger partial charge in [-0.2, -0.15) is 23.5 Å². The van der Waals surface area contributed by atoms with Gasteiger partial charge in [0.25, 0.3) is 11.8 Å². The van der Waals surface area contributed by atoms with Gasteiger partial charge in [0.1, 0.15) is 18.0 Å². The molecule has 3 aliphatic rings. The van der Waals surface area contributed by atoms with Crippen molar-refractivity contribution in [2.45, 2.75) is 44.8 Å². The SMILES string of the molecule is Cc1ccc(-n2nc3c(c2C(=O)NCC#N)C(=O)N[C@@]2(CCC4C=C(OCC(F)(F)F)C=CC42C)C3)nc1. The molecule has 2 aliphatic carbocycles. The summed E-state index contributed by atoms with van der Waals surface area (Å²) in [5.41, 5.74) is 0.0196. The van der Waals surface area contributed by atoms with Crippen LogP contribution in [0.25, 0.3) is 5.82 Å². The number of rotatable bonds is 5. The molecule has 3 heterocycles. The number of carbonyl (C=O) groups is 2. The maximum absolute atomic E-state index is 13.6. The van der Waals surface area contributed by atoms with Gasteiger partial charge in [0.05, 0.1) is 22.9 Å². The minimum Gasteiger partial charge on any atom is -0.484 e. The molecule has 2 unspecified atom stereocenters. The topological polar surface area (TPSA) is 122 Å². The van der Waals surface area contributed by atoms with Gasteiger partial charge in [-0.25, -0.2) is 9.67 Å². The first kappa shape index (κ1) is 25.5. The number of nitriles is 1. The number of halogens is 3. The molecule has 1 aliphatic heterocycles. The zero-order valence-corrected chi connectivity index (χ0v) is 20.7. The van der Waals surface area contributed by atoms with Gasteiger partial charge in [-0.3, -0.25) is 9.59 Å². The number of aromatic nitrogens is 3. The van der Waals surface area contributed by atoms with Gasteiger partial charge >= 0.3 is 6.18 Å². The molecule has 3 atom stereocenters. The zero-order chi connectivity index (χ0) is 27.3. The summed E-state index contributed by atoms with van der Waals surface area (Å²) in [6, 6.07) is 5.35. The summed E-state index contributed by atoms with van der Waals surface area (Å²) in [6.45, 7) is 2.20. The fourth-order valence-corrected chi connectivity index (χ4v) is 5.71. The predicted molar refractivity (Wildman–Crippen MR) is 128 cm³/mol. The quantitative estimate of drug-likeness (QED) is 0.577. The van der Waals surface area contributed by atoms with E-state index < -0.39 is 35.6 Å². The lowest BCUT2D eigenvalue weighted by molar-refractivity contribution is -0.164. The molecule has 2 amide bonds. The van der Waals surface area contributed by atoms with Gasteiger partial charge in [0.2, 0.25) is 0 Å². The van der Waals surface area contributed by atoms with Crippen molar-refractivity contribution in [3.05, 3.63) is 64.8 Å². The van der Waals surface area contributed by atoms with Crippen LogP contribution in [0.2, 0.25) is 0 Å². The van der Waals surface area contributed by atoms with E-state index in [1.807, 2.05) is 26.0 Å². The number of nitrogens with zero attached hydrogens (tertiary/aromatic N) is 4. The second-order valence-electron chi connectivity index (χ2n) is 10.1. The van der Waals surface area contributed by atoms with E-state index >= 15 is 0 Å². The molecular formula is C26H25F3N6O3. The summed E-state index contributed by atoms with van der Waals surface area (Å²) in [4.78, 5) is 31.1. The number of nitrogens with one attached hydrogen (secondary N) is 2. The minimum atomic E-state index is -4.44. The smallest absolute Gasteiger partial charge is 0.422 e. The zero-order valence-electron chi connectivity index (χ0n) is 20.7. The summed E-state index contributed by atoms with van der Waals surface area (Å²) >= 11 is 0. The Morgan fingerprint density at radius 3 is 2.87 bits per heavy atom. The predicted octanol–water partition coefficient (Wildman–Crippen LogP) is 3.30. The molecule has 0 aromatic carbocycles. The Morgan fingerprint density at radius 1 is 1.39 bits per heavy atom. The lowest BCUT2D eigenvalue weighted by Gasteiger charge is -2.47. The summed E-state index contributed by atoms with van der Waals surface area (Å²) in [5.74, 6) is -0.787. The third kappa shape index (κ3) is 4.21. The number of hydrogen-bond acceptors (Lipinski definition) is 6. The molecule has 0 saturated heterocycles. The van der Waals surface area contributed by atoms with Crippen molar-refractivity contribution in [2.24, 2.45) is 11.3 Å². The largest absolute Gasteiger partial charge is 0.484 e. The van der Waals surface area contributed by atoms with Crippen LogP contribution in [-0.4, -0.2) is 51.4 Å². The van der Waals surface area contributed by atoms with Crippen molar-refractivity contribution in [1.82, 2.24) is 25.4 Å². The normalized spacial score (nSPS) is 25.7. The number of pyridine rings is 1. The summed E-state index contributed by atoms with van der Waals surface area (Å²) < 4.78 is 44.2.